The van der Waals surface area contributed by atoms with E-state index in [4.69, 9.17) is 4.74 Å². The normalized spacial score (nSPS) is 18.8. The number of nitrogens with one attached hydrogen (secondary N) is 1. The van der Waals surface area contributed by atoms with Gasteiger partial charge in [0.15, 0.2) is 5.82 Å². The van der Waals surface area contributed by atoms with Crippen molar-refractivity contribution in [3.8, 4) is 11.3 Å². The van der Waals surface area contributed by atoms with Gasteiger partial charge in [-0.15, -0.1) is 10.2 Å². The van der Waals surface area contributed by atoms with Crippen molar-refractivity contribution in [2.45, 2.75) is 12.8 Å². The predicted molar refractivity (Wildman–Crippen MR) is 103 cm³/mol. The molecule has 0 unspecified atom stereocenters. The molecule has 4 rings (SSSR count). The van der Waals surface area contributed by atoms with E-state index in [0.717, 1.165) is 50.4 Å². The van der Waals surface area contributed by atoms with Gasteiger partial charge in [0.1, 0.15) is 5.82 Å². The lowest BCUT2D eigenvalue weighted by Gasteiger charge is -2.34. The molecule has 1 aromatic carbocycles. The lowest BCUT2D eigenvalue weighted by molar-refractivity contribution is -0.132. The maximum atomic E-state index is 13.0. The number of morpholine rings is 1. The van der Waals surface area contributed by atoms with Crippen LogP contribution in [0.2, 0.25) is 0 Å². The highest BCUT2D eigenvalue weighted by Crippen LogP contribution is 2.23. The molecule has 0 radical (unpaired) electrons. The van der Waals surface area contributed by atoms with E-state index in [0.29, 0.717) is 18.9 Å². The fourth-order valence-corrected chi connectivity index (χ4v) is 3.56. The molecule has 2 aliphatic heterocycles. The summed E-state index contributed by atoms with van der Waals surface area (Å²) >= 11 is 0. The van der Waals surface area contributed by atoms with Gasteiger partial charge in [0.2, 0.25) is 5.91 Å². The first-order chi connectivity index (χ1) is 13.7. The van der Waals surface area contributed by atoms with Gasteiger partial charge >= 0.3 is 0 Å². The van der Waals surface area contributed by atoms with E-state index in [9.17, 15) is 9.18 Å². The number of amides is 1. The van der Waals surface area contributed by atoms with Crippen molar-refractivity contribution in [2.75, 3.05) is 44.3 Å². The van der Waals surface area contributed by atoms with E-state index in [1.54, 1.807) is 12.1 Å². The summed E-state index contributed by atoms with van der Waals surface area (Å²) in [7, 11) is 0. The van der Waals surface area contributed by atoms with Gasteiger partial charge in [0, 0.05) is 37.7 Å². The zero-order valence-corrected chi connectivity index (χ0v) is 15.7. The third kappa shape index (κ3) is 4.45. The molecule has 148 valence electrons. The molecule has 2 aliphatic rings. The number of hydrazine groups is 1. The molecule has 2 fully saturated rings. The van der Waals surface area contributed by atoms with Crippen LogP contribution in [0.5, 0.6) is 0 Å². The molecule has 8 heteroatoms. The maximum Gasteiger partial charge on any atom is 0.237 e. The van der Waals surface area contributed by atoms with E-state index in [-0.39, 0.29) is 17.6 Å². The molecule has 1 N–H and O–H groups in total. The molecule has 28 heavy (non-hydrogen) atoms. The Hall–Kier alpha value is -2.58. The minimum Gasteiger partial charge on any atom is -0.379 e. The zero-order valence-electron chi connectivity index (χ0n) is 15.7. The van der Waals surface area contributed by atoms with Crippen LogP contribution in [-0.4, -0.2) is 60.5 Å². The standard InChI is InChI=1S/C20H24FN5O2/c21-17-3-1-15(2-4-17)18-5-6-19(23-22-18)25-9-7-16(8-10-25)20(27)24-26-11-13-28-14-12-26/h1-6,16H,7-14H2,(H,24,27). The second-order valence-electron chi connectivity index (χ2n) is 7.12. The van der Waals surface area contributed by atoms with Crippen LogP contribution in [0.4, 0.5) is 10.2 Å². The van der Waals surface area contributed by atoms with E-state index < -0.39 is 0 Å². The van der Waals surface area contributed by atoms with Crippen LogP contribution in [0.3, 0.4) is 0 Å². The summed E-state index contributed by atoms with van der Waals surface area (Å²) in [6.07, 6.45) is 1.58. The van der Waals surface area contributed by atoms with Gasteiger partial charge in [-0.25, -0.2) is 9.40 Å². The fraction of sp³-hybridized carbons (Fsp3) is 0.450. The number of carbonyl (C=O) groups excluding carboxylic acids is 1. The van der Waals surface area contributed by atoms with Crippen molar-refractivity contribution in [1.29, 1.82) is 0 Å². The number of hydrogen-bond acceptors (Lipinski definition) is 6. The smallest absolute Gasteiger partial charge is 0.237 e. The third-order valence-corrected chi connectivity index (χ3v) is 5.26. The molecule has 0 atom stereocenters. The topological polar surface area (TPSA) is 70.6 Å². The minimum atomic E-state index is -0.270. The van der Waals surface area contributed by atoms with Gasteiger partial charge < -0.3 is 9.64 Å². The Labute approximate surface area is 163 Å². The summed E-state index contributed by atoms with van der Waals surface area (Å²) < 4.78 is 18.4. The molecular formula is C20H24FN5O2. The Kier molecular flexibility index (Phi) is 5.78. The van der Waals surface area contributed by atoms with Gasteiger partial charge in [-0.2, -0.15) is 0 Å². The summed E-state index contributed by atoms with van der Waals surface area (Å²) in [5.74, 6) is 0.650. The molecule has 0 spiro atoms. The van der Waals surface area contributed by atoms with E-state index in [1.165, 1.54) is 12.1 Å². The van der Waals surface area contributed by atoms with Crippen molar-refractivity contribution in [3.63, 3.8) is 0 Å². The van der Waals surface area contributed by atoms with Gasteiger partial charge in [-0.05, 0) is 49.2 Å². The summed E-state index contributed by atoms with van der Waals surface area (Å²) in [4.78, 5) is 14.6. The molecule has 3 heterocycles. The number of anilines is 1. The van der Waals surface area contributed by atoms with Gasteiger partial charge in [0.05, 0.1) is 18.9 Å². The number of rotatable bonds is 4. The zero-order chi connectivity index (χ0) is 19.3. The van der Waals surface area contributed by atoms with Gasteiger partial charge in [-0.1, -0.05) is 0 Å². The highest BCUT2D eigenvalue weighted by Gasteiger charge is 2.27. The van der Waals surface area contributed by atoms with E-state index >= 15 is 0 Å². The van der Waals surface area contributed by atoms with Crippen LogP contribution in [-0.2, 0) is 9.53 Å². The van der Waals surface area contributed by atoms with Crippen LogP contribution in [0.1, 0.15) is 12.8 Å². The molecule has 7 nitrogen and oxygen atoms in total. The highest BCUT2D eigenvalue weighted by molar-refractivity contribution is 5.78. The Morgan fingerprint density at radius 2 is 1.71 bits per heavy atom. The van der Waals surface area contributed by atoms with Crippen LogP contribution < -0.4 is 10.3 Å². The molecule has 0 saturated carbocycles. The lowest BCUT2D eigenvalue weighted by Crippen LogP contribution is -2.51. The van der Waals surface area contributed by atoms with Crippen LogP contribution in [0, 0.1) is 11.7 Å². The largest absolute Gasteiger partial charge is 0.379 e. The average molecular weight is 385 g/mol. The van der Waals surface area contributed by atoms with Crippen LogP contribution in [0.15, 0.2) is 36.4 Å². The molecular weight excluding hydrogens is 361 g/mol. The van der Waals surface area contributed by atoms with Crippen molar-refractivity contribution in [2.24, 2.45) is 5.92 Å². The van der Waals surface area contributed by atoms with Crippen LogP contribution >= 0.6 is 0 Å². The number of nitrogens with zero attached hydrogens (tertiary/aromatic N) is 4. The first-order valence-electron chi connectivity index (χ1n) is 9.67. The SMILES string of the molecule is O=C(NN1CCOCC1)C1CCN(c2ccc(-c3ccc(F)cc3)nn2)CC1. The molecule has 1 amide bonds. The lowest BCUT2D eigenvalue weighted by atomic mass is 9.96. The summed E-state index contributed by atoms with van der Waals surface area (Å²) in [6.45, 7) is 4.33. The molecule has 2 aromatic rings. The second kappa shape index (κ2) is 8.62. The number of halogens is 1. The Morgan fingerprint density at radius 3 is 2.36 bits per heavy atom. The van der Waals surface area contributed by atoms with Crippen molar-refractivity contribution in [3.05, 3.63) is 42.2 Å². The number of piperidine rings is 1. The first-order valence-corrected chi connectivity index (χ1v) is 9.67. The molecule has 0 bridgehead atoms. The highest BCUT2D eigenvalue weighted by atomic mass is 19.1. The Bertz CT molecular complexity index is 785. The molecule has 0 aliphatic carbocycles. The minimum absolute atomic E-state index is 0.0190. The van der Waals surface area contributed by atoms with E-state index in [1.807, 2.05) is 17.1 Å². The summed E-state index contributed by atoms with van der Waals surface area (Å²) in [5.41, 5.74) is 4.56. The fourth-order valence-electron chi connectivity index (χ4n) is 3.56. The van der Waals surface area contributed by atoms with Crippen LogP contribution in [0.25, 0.3) is 11.3 Å². The predicted octanol–water partition coefficient (Wildman–Crippen LogP) is 1.86. The number of carbonyl (C=O) groups is 1. The van der Waals surface area contributed by atoms with Gasteiger partial charge in [0.25, 0.3) is 0 Å². The van der Waals surface area contributed by atoms with Crippen molar-refractivity contribution < 1.29 is 13.9 Å². The van der Waals surface area contributed by atoms with Crippen molar-refractivity contribution >= 4 is 11.7 Å². The number of benzene rings is 1. The Morgan fingerprint density at radius 1 is 1.00 bits per heavy atom. The van der Waals surface area contributed by atoms with Crippen molar-refractivity contribution in [1.82, 2.24) is 20.6 Å². The monoisotopic (exact) mass is 385 g/mol. The first kappa shape index (κ1) is 18.8. The number of ether oxygens (including phenoxy) is 1. The maximum absolute atomic E-state index is 13.0. The molecule has 1 aromatic heterocycles. The Balaban J connectivity index is 1.30. The quantitative estimate of drug-likeness (QED) is 0.866. The van der Waals surface area contributed by atoms with Gasteiger partial charge in [-0.3, -0.25) is 10.2 Å². The molecule has 2 saturated heterocycles. The third-order valence-electron chi connectivity index (χ3n) is 5.26. The summed E-state index contributed by atoms with van der Waals surface area (Å²) in [5, 5.41) is 10.5. The van der Waals surface area contributed by atoms with E-state index in [2.05, 4.69) is 20.5 Å². The number of hydrogen-bond donors (Lipinski definition) is 1. The summed E-state index contributed by atoms with van der Waals surface area (Å²) in [6, 6.07) is 10.0. The average Bonchev–Trinajstić information content (AvgIpc) is 2.75. The second-order valence-corrected chi connectivity index (χ2v) is 7.12. The number of aromatic nitrogens is 2.